The first kappa shape index (κ1) is 16.6. The highest BCUT2D eigenvalue weighted by Gasteiger charge is 2.34. The highest BCUT2D eigenvalue weighted by Crippen LogP contribution is 2.29. The van der Waals surface area contributed by atoms with Gasteiger partial charge in [-0.25, -0.2) is 9.55 Å². The zero-order valence-electron chi connectivity index (χ0n) is 14.0. The zero-order valence-corrected chi connectivity index (χ0v) is 14.0. The van der Waals surface area contributed by atoms with E-state index in [1.807, 2.05) is 31.2 Å². The summed E-state index contributed by atoms with van der Waals surface area (Å²) in [6, 6.07) is 7.55. The van der Waals surface area contributed by atoms with E-state index in [1.54, 1.807) is 6.92 Å². The van der Waals surface area contributed by atoms with Gasteiger partial charge in [0.25, 0.3) is 5.90 Å². The molecule has 130 valence electrons. The highest BCUT2D eigenvalue weighted by atomic mass is 16.6. The third-order valence-electron chi connectivity index (χ3n) is 3.89. The largest absolute Gasteiger partial charge is 0.446 e. The fraction of sp³-hybridized carbons (Fsp3) is 0.312. The fourth-order valence-electron chi connectivity index (χ4n) is 2.55. The Hall–Kier alpha value is -3.23. The van der Waals surface area contributed by atoms with Crippen molar-refractivity contribution in [3.05, 3.63) is 57.5 Å². The smallest absolute Gasteiger partial charge is 0.343 e. The standard InChI is InChI=1S/C16H17N5O4/c1-10-4-6-13(7-5-10)16-20(12(3)22)18-14(25-16)9-19-11(2)17-8-15(19)21(23)24/h4-8,16H,9H2,1-3H3. The van der Waals surface area contributed by atoms with Crippen molar-refractivity contribution < 1.29 is 14.5 Å². The first-order valence-electron chi connectivity index (χ1n) is 7.64. The molecule has 0 radical (unpaired) electrons. The van der Waals surface area contributed by atoms with Crippen molar-refractivity contribution in [2.45, 2.75) is 33.5 Å². The quantitative estimate of drug-likeness (QED) is 0.626. The number of rotatable bonds is 4. The van der Waals surface area contributed by atoms with Crippen molar-refractivity contribution in [3.63, 3.8) is 0 Å². The van der Waals surface area contributed by atoms with E-state index in [9.17, 15) is 14.9 Å². The minimum atomic E-state index is -0.684. The van der Waals surface area contributed by atoms with Crippen molar-refractivity contribution in [2.75, 3.05) is 0 Å². The number of nitro groups is 1. The molecular formula is C16H17N5O4. The molecule has 1 atom stereocenters. The average Bonchev–Trinajstić information content (AvgIpc) is 3.13. The van der Waals surface area contributed by atoms with Crippen LogP contribution in [0.2, 0.25) is 0 Å². The highest BCUT2D eigenvalue weighted by molar-refractivity contribution is 5.82. The molecule has 0 fully saturated rings. The van der Waals surface area contributed by atoms with Crippen LogP contribution in [0.3, 0.4) is 0 Å². The number of carbonyl (C=O) groups is 1. The molecule has 1 aromatic carbocycles. The molecule has 2 aromatic rings. The average molecular weight is 343 g/mol. The second kappa shape index (κ2) is 6.34. The number of hydrogen-bond donors (Lipinski definition) is 0. The van der Waals surface area contributed by atoms with Crippen molar-refractivity contribution in [3.8, 4) is 0 Å². The van der Waals surface area contributed by atoms with Crippen molar-refractivity contribution in [1.29, 1.82) is 0 Å². The number of nitrogens with zero attached hydrogens (tertiary/aromatic N) is 5. The molecule has 1 aliphatic heterocycles. The van der Waals surface area contributed by atoms with Gasteiger partial charge in [0.2, 0.25) is 12.1 Å². The van der Waals surface area contributed by atoms with Crippen LogP contribution in [-0.2, 0) is 16.1 Å². The molecule has 1 aliphatic rings. The third-order valence-corrected chi connectivity index (χ3v) is 3.89. The van der Waals surface area contributed by atoms with Gasteiger partial charge in [0, 0.05) is 19.4 Å². The lowest BCUT2D eigenvalue weighted by molar-refractivity contribution is -0.392. The van der Waals surface area contributed by atoms with Crippen LogP contribution in [0.5, 0.6) is 0 Å². The molecule has 9 heteroatoms. The lowest BCUT2D eigenvalue weighted by Crippen LogP contribution is -2.25. The molecule has 25 heavy (non-hydrogen) atoms. The van der Waals surface area contributed by atoms with Crippen LogP contribution in [-0.4, -0.2) is 31.3 Å². The Labute approximate surface area is 143 Å². The molecule has 0 saturated carbocycles. The number of imidazole rings is 1. The van der Waals surface area contributed by atoms with Crippen molar-refractivity contribution >= 4 is 17.6 Å². The van der Waals surface area contributed by atoms with E-state index >= 15 is 0 Å². The lowest BCUT2D eigenvalue weighted by atomic mass is 10.1. The molecule has 1 aromatic heterocycles. The van der Waals surface area contributed by atoms with Gasteiger partial charge in [-0.15, -0.1) is 5.10 Å². The molecule has 1 amide bonds. The second-order valence-corrected chi connectivity index (χ2v) is 5.75. The summed E-state index contributed by atoms with van der Waals surface area (Å²) in [6.45, 7) is 5.03. The van der Waals surface area contributed by atoms with E-state index in [-0.39, 0.29) is 24.2 Å². The number of amides is 1. The van der Waals surface area contributed by atoms with Gasteiger partial charge in [-0.3, -0.25) is 4.79 Å². The predicted molar refractivity (Wildman–Crippen MR) is 88.6 cm³/mol. The van der Waals surface area contributed by atoms with Gasteiger partial charge in [-0.1, -0.05) is 29.8 Å². The SMILES string of the molecule is CC(=O)N1N=C(Cn2c([N+](=O)[O-])cnc2C)OC1c1ccc(C)cc1. The van der Waals surface area contributed by atoms with Crippen LogP contribution in [0.15, 0.2) is 35.6 Å². The fourth-order valence-corrected chi connectivity index (χ4v) is 2.55. The van der Waals surface area contributed by atoms with Gasteiger partial charge in [0.15, 0.2) is 12.4 Å². The maximum Gasteiger partial charge on any atom is 0.343 e. The Morgan fingerprint density at radius 3 is 2.60 bits per heavy atom. The number of ether oxygens (including phenoxy) is 1. The maximum atomic E-state index is 11.9. The maximum absolute atomic E-state index is 11.9. The molecule has 0 spiro atoms. The van der Waals surface area contributed by atoms with E-state index in [1.165, 1.54) is 22.7 Å². The first-order valence-corrected chi connectivity index (χ1v) is 7.64. The van der Waals surface area contributed by atoms with E-state index < -0.39 is 11.2 Å². The third kappa shape index (κ3) is 3.21. The number of aromatic nitrogens is 2. The summed E-state index contributed by atoms with van der Waals surface area (Å²) >= 11 is 0. The van der Waals surface area contributed by atoms with E-state index in [0.717, 1.165) is 11.1 Å². The van der Waals surface area contributed by atoms with Crippen molar-refractivity contribution in [1.82, 2.24) is 14.6 Å². The molecule has 0 saturated heterocycles. The minimum absolute atomic E-state index is 0.0221. The normalized spacial score (nSPS) is 16.5. The Kier molecular flexibility index (Phi) is 4.22. The zero-order chi connectivity index (χ0) is 18.1. The minimum Gasteiger partial charge on any atom is -0.446 e. The Balaban J connectivity index is 1.88. The topological polar surface area (TPSA) is 103 Å². The Morgan fingerprint density at radius 2 is 2.00 bits per heavy atom. The summed E-state index contributed by atoms with van der Waals surface area (Å²) in [6.07, 6.45) is 0.501. The monoisotopic (exact) mass is 343 g/mol. The summed E-state index contributed by atoms with van der Waals surface area (Å²) in [7, 11) is 0. The summed E-state index contributed by atoms with van der Waals surface area (Å²) in [5.41, 5.74) is 1.86. The van der Waals surface area contributed by atoms with Gasteiger partial charge in [0.05, 0.1) is 0 Å². The van der Waals surface area contributed by atoms with Crippen LogP contribution >= 0.6 is 0 Å². The molecule has 0 bridgehead atoms. The molecule has 1 unspecified atom stereocenters. The number of hydrogen-bond acceptors (Lipinski definition) is 6. The summed E-state index contributed by atoms with van der Waals surface area (Å²) in [4.78, 5) is 26.4. The summed E-state index contributed by atoms with van der Waals surface area (Å²) in [5, 5.41) is 16.5. The second-order valence-electron chi connectivity index (χ2n) is 5.75. The van der Waals surface area contributed by atoms with Gasteiger partial charge in [-0.2, -0.15) is 5.01 Å². The van der Waals surface area contributed by atoms with Crippen LogP contribution < -0.4 is 0 Å². The first-order chi connectivity index (χ1) is 11.9. The molecule has 9 nitrogen and oxygen atoms in total. The number of aryl methyl sites for hydroxylation is 2. The molecular weight excluding hydrogens is 326 g/mol. The van der Waals surface area contributed by atoms with Crippen LogP contribution in [0.4, 0.5) is 5.82 Å². The van der Waals surface area contributed by atoms with Crippen LogP contribution in [0.25, 0.3) is 0 Å². The summed E-state index contributed by atoms with van der Waals surface area (Å²) < 4.78 is 7.19. The molecule has 2 heterocycles. The summed E-state index contributed by atoms with van der Waals surface area (Å²) in [5.74, 6) is 0.241. The molecule has 0 aliphatic carbocycles. The molecule has 3 rings (SSSR count). The van der Waals surface area contributed by atoms with Crippen LogP contribution in [0.1, 0.15) is 30.1 Å². The van der Waals surface area contributed by atoms with Crippen molar-refractivity contribution in [2.24, 2.45) is 5.10 Å². The van der Waals surface area contributed by atoms with E-state index in [0.29, 0.717) is 5.82 Å². The van der Waals surface area contributed by atoms with Gasteiger partial charge < -0.3 is 14.9 Å². The molecule has 0 N–H and O–H groups in total. The van der Waals surface area contributed by atoms with Crippen LogP contribution in [0, 0.1) is 24.0 Å². The Bertz CT molecular complexity index is 856. The van der Waals surface area contributed by atoms with E-state index in [2.05, 4.69) is 10.1 Å². The lowest BCUT2D eigenvalue weighted by Gasteiger charge is -2.19. The number of hydrazone groups is 1. The predicted octanol–water partition coefficient (Wildman–Crippen LogP) is 2.30. The van der Waals surface area contributed by atoms with Gasteiger partial charge in [-0.05, 0) is 11.8 Å². The number of carbonyl (C=O) groups excluding carboxylic acids is 1. The van der Waals surface area contributed by atoms with Gasteiger partial charge in [0.1, 0.15) is 6.20 Å². The number of benzene rings is 1. The Morgan fingerprint density at radius 1 is 1.32 bits per heavy atom. The van der Waals surface area contributed by atoms with E-state index in [4.69, 9.17) is 4.74 Å². The van der Waals surface area contributed by atoms with Gasteiger partial charge >= 0.3 is 5.82 Å².